The zero-order chi connectivity index (χ0) is 17.5. The number of allylic oxidation sites excluding steroid dienone is 1. The monoisotopic (exact) mass is 345 g/mol. The number of fused-ring (bicyclic) bond motifs is 2. The van der Waals surface area contributed by atoms with Crippen LogP contribution in [0, 0.1) is 11.3 Å². The highest BCUT2D eigenvalue weighted by molar-refractivity contribution is 5.81. The first-order valence-electron chi connectivity index (χ1n) is 8.42. The van der Waals surface area contributed by atoms with Crippen LogP contribution >= 0.6 is 0 Å². The van der Waals surface area contributed by atoms with Crippen molar-refractivity contribution in [2.75, 3.05) is 18.4 Å². The van der Waals surface area contributed by atoms with Gasteiger partial charge in [0.15, 0.2) is 0 Å². The molecule has 3 aromatic rings. The fraction of sp³-hybridized carbons (Fsp3) is 0.222. The minimum absolute atomic E-state index is 0.288. The van der Waals surface area contributed by atoms with E-state index in [0.29, 0.717) is 16.6 Å². The van der Waals surface area contributed by atoms with Crippen LogP contribution in [0.4, 0.5) is 5.82 Å². The van der Waals surface area contributed by atoms with E-state index in [1.807, 2.05) is 18.2 Å². The van der Waals surface area contributed by atoms with E-state index in [4.69, 9.17) is 4.63 Å². The Bertz CT molecular complexity index is 1100. The molecule has 0 fully saturated rings. The molecule has 0 bridgehead atoms. The highest BCUT2D eigenvalue weighted by atomic mass is 16.6. The number of hydrogen-bond acceptors (Lipinski definition) is 7. The molecule has 2 aliphatic heterocycles. The number of hydrogen-bond donors (Lipinski definition) is 3. The van der Waals surface area contributed by atoms with E-state index < -0.39 is 0 Å². The normalized spacial score (nSPS) is 19.7. The van der Waals surface area contributed by atoms with Crippen LogP contribution in [0.25, 0.3) is 11.0 Å². The summed E-state index contributed by atoms with van der Waals surface area (Å²) in [7, 11) is 0. The second kappa shape index (κ2) is 5.82. The summed E-state index contributed by atoms with van der Waals surface area (Å²) in [6.07, 6.45) is 4.86. The summed E-state index contributed by atoms with van der Waals surface area (Å²) < 4.78 is 4.92. The summed E-state index contributed by atoms with van der Waals surface area (Å²) in [4.78, 5) is 0. The van der Waals surface area contributed by atoms with Crippen molar-refractivity contribution in [3.8, 4) is 6.07 Å². The molecule has 3 N–H and O–H groups in total. The Balaban J connectivity index is 1.76. The van der Waals surface area contributed by atoms with Gasteiger partial charge >= 0.3 is 0 Å². The summed E-state index contributed by atoms with van der Waals surface area (Å²) in [6.45, 7) is 1.67. The lowest BCUT2D eigenvalue weighted by Gasteiger charge is -2.28. The number of aromatic nitrogens is 4. The zero-order valence-electron chi connectivity index (χ0n) is 13.8. The van der Waals surface area contributed by atoms with Crippen molar-refractivity contribution in [3.63, 3.8) is 0 Å². The minimum atomic E-state index is -0.288. The molecule has 0 saturated heterocycles. The van der Waals surface area contributed by atoms with Crippen molar-refractivity contribution in [2.45, 2.75) is 12.3 Å². The van der Waals surface area contributed by atoms with Gasteiger partial charge in [-0.15, -0.1) is 0 Å². The molecule has 1 aromatic carbocycles. The lowest BCUT2D eigenvalue weighted by Crippen LogP contribution is -2.27. The maximum atomic E-state index is 10.0. The first-order chi connectivity index (χ1) is 12.9. The summed E-state index contributed by atoms with van der Waals surface area (Å²) in [5.74, 6) is 0.507. The minimum Gasteiger partial charge on any atom is -0.339 e. The number of nitrogens with one attached hydrogen (secondary N) is 3. The summed E-state index contributed by atoms with van der Waals surface area (Å²) in [5.41, 5.74) is 5.68. The molecule has 0 amide bonds. The predicted octanol–water partition coefficient (Wildman–Crippen LogP) is 2.20. The molecule has 1 unspecified atom stereocenters. The van der Waals surface area contributed by atoms with Gasteiger partial charge in [0.2, 0.25) is 0 Å². The molecule has 2 aromatic heterocycles. The molecule has 0 radical (unpaired) electrons. The zero-order valence-corrected chi connectivity index (χ0v) is 13.8. The van der Waals surface area contributed by atoms with Gasteiger partial charge in [-0.2, -0.15) is 10.4 Å². The first kappa shape index (κ1) is 14.9. The maximum absolute atomic E-state index is 10.0. The van der Waals surface area contributed by atoms with E-state index in [-0.39, 0.29) is 5.92 Å². The van der Waals surface area contributed by atoms with Crippen LogP contribution in [0.3, 0.4) is 0 Å². The average molecular weight is 345 g/mol. The van der Waals surface area contributed by atoms with E-state index in [1.165, 1.54) is 0 Å². The Morgan fingerprint density at radius 3 is 3.04 bits per heavy atom. The second-order valence-electron chi connectivity index (χ2n) is 6.33. The maximum Gasteiger partial charge on any atom is 0.139 e. The molecular weight excluding hydrogens is 330 g/mol. The summed E-state index contributed by atoms with van der Waals surface area (Å²) >= 11 is 0. The topological polar surface area (TPSA) is 115 Å². The van der Waals surface area contributed by atoms with Crippen LogP contribution in [0.5, 0.6) is 0 Å². The molecule has 1 atom stereocenters. The molecular formula is C18H15N7O. The van der Waals surface area contributed by atoms with Gasteiger partial charge in [-0.1, -0.05) is 18.2 Å². The van der Waals surface area contributed by atoms with Crippen LogP contribution < -0.4 is 10.6 Å². The SMILES string of the molecule is N#CC1=C(C2=CCCNC2)Nc2[nH]ncc2C1c1cccc2nonc12. The van der Waals surface area contributed by atoms with E-state index in [2.05, 4.69) is 43.3 Å². The number of rotatable bonds is 2. The van der Waals surface area contributed by atoms with Gasteiger partial charge in [-0.05, 0) is 40.5 Å². The number of aromatic amines is 1. The van der Waals surface area contributed by atoms with Crippen molar-refractivity contribution < 1.29 is 4.63 Å². The van der Waals surface area contributed by atoms with Gasteiger partial charge in [0.25, 0.3) is 0 Å². The Hall–Kier alpha value is -3.44. The average Bonchev–Trinajstić information content (AvgIpc) is 3.36. The second-order valence-corrected chi connectivity index (χ2v) is 6.33. The lowest BCUT2D eigenvalue weighted by molar-refractivity contribution is 0.315. The molecule has 8 nitrogen and oxygen atoms in total. The number of nitrogens with zero attached hydrogens (tertiary/aromatic N) is 4. The van der Waals surface area contributed by atoms with Gasteiger partial charge < -0.3 is 10.6 Å². The van der Waals surface area contributed by atoms with Crippen molar-refractivity contribution in [1.82, 2.24) is 25.8 Å². The number of benzene rings is 1. The van der Waals surface area contributed by atoms with Crippen LogP contribution in [0.2, 0.25) is 0 Å². The smallest absolute Gasteiger partial charge is 0.139 e. The molecule has 4 heterocycles. The summed E-state index contributed by atoms with van der Waals surface area (Å²) in [6, 6.07) is 8.12. The molecule has 128 valence electrons. The molecule has 8 heteroatoms. The van der Waals surface area contributed by atoms with Crippen molar-refractivity contribution in [3.05, 3.63) is 58.4 Å². The third kappa shape index (κ3) is 2.14. The molecule has 0 saturated carbocycles. The molecule has 0 spiro atoms. The number of anilines is 1. The third-order valence-corrected chi connectivity index (χ3v) is 4.88. The van der Waals surface area contributed by atoms with Crippen molar-refractivity contribution >= 4 is 16.9 Å². The standard InChI is InChI=1S/C18H15N7O/c19-7-12-15(11-4-1-5-14-17(11)25-26-24-14)13-9-21-23-18(13)22-16(12)10-3-2-6-20-8-10/h1,3-5,9,15,20H,2,6,8H2,(H2,21,22,23). The Morgan fingerprint density at radius 1 is 1.23 bits per heavy atom. The highest BCUT2D eigenvalue weighted by Crippen LogP contribution is 2.43. The van der Waals surface area contributed by atoms with Gasteiger partial charge in [0.1, 0.15) is 16.9 Å². The van der Waals surface area contributed by atoms with E-state index in [1.54, 1.807) is 6.20 Å². The van der Waals surface area contributed by atoms with E-state index in [0.717, 1.165) is 47.7 Å². The Kier molecular flexibility index (Phi) is 3.33. The fourth-order valence-corrected chi connectivity index (χ4v) is 3.70. The van der Waals surface area contributed by atoms with Gasteiger partial charge in [0, 0.05) is 12.1 Å². The van der Waals surface area contributed by atoms with E-state index in [9.17, 15) is 5.26 Å². The van der Waals surface area contributed by atoms with E-state index >= 15 is 0 Å². The van der Waals surface area contributed by atoms with Gasteiger partial charge in [-0.3, -0.25) is 5.10 Å². The Labute approximate surface area is 148 Å². The van der Waals surface area contributed by atoms with Crippen molar-refractivity contribution in [1.29, 1.82) is 5.26 Å². The van der Waals surface area contributed by atoms with Crippen LogP contribution in [0.1, 0.15) is 23.5 Å². The molecule has 2 aliphatic rings. The summed E-state index contributed by atoms with van der Waals surface area (Å²) in [5, 5.41) is 31.9. The molecule has 5 rings (SSSR count). The molecule has 26 heavy (non-hydrogen) atoms. The van der Waals surface area contributed by atoms with Crippen LogP contribution in [-0.4, -0.2) is 33.6 Å². The number of H-pyrrole nitrogens is 1. The third-order valence-electron chi connectivity index (χ3n) is 4.88. The largest absolute Gasteiger partial charge is 0.339 e. The molecule has 0 aliphatic carbocycles. The highest BCUT2D eigenvalue weighted by Gasteiger charge is 2.34. The first-order valence-corrected chi connectivity index (χ1v) is 8.42. The van der Waals surface area contributed by atoms with Gasteiger partial charge in [-0.25, -0.2) is 4.63 Å². The van der Waals surface area contributed by atoms with Crippen LogP contribution in [-0.2, 0) is 0 Å². The fourth-order valence-electron chi connectivity index (χ4n) is 3.70. The number of nitriles is 1. The van der Waals surface area contributed by atoms with Crippen molar-refractivity contribution in [2.24, 2.45) is 0 Å². The van der Waals surface area contributed by atoms with Gasteiger partial charge in [0.05, 0.1) is 29.5 Å². The predicted molar refractivity (Wildman–Crippen MR) is 94.1 cm³/mol. The quantitative estimate of drug-likeness (QED) is 0.652. The van der Waals surface area contributed by atoms with Crippen LogP contribution in [0.15, 0.2) is 51.9 Å². The Morgan fingerprint density at radius 2 is 2.19 bits per heavy atom. The lowest BCUT2D eigenvalue weighted by atomic mass is 9.81.